The first-order valence-electron chi connectivity index (χ1n) is 25.1. The molecule has 69 heavy (non-hydrogen) atoms. The first-order chi connectivity index (χ1) is 33.4. The molecular formula is C57H70N8O4. The van der Waals surface area contributed by atoms with Gasteiger partial charge in [0.25, 0.3) is 0 Å². The van der Waals surface area contributed by atoms with E-state index in [1.54, 1.807) is 0 Å². The van der Waals surface area contributed by atoms with Crippen molar-refractivity contribution < 1.29 is 19.1 Å². The molecule has 2 aliphatic heterocycles. The number of aryl methyl sites for hydroxylation is 4. The maximum atomic E-state index is 13.8. The first kappa shape index (κ1) is 48.9. The van der Waals surface area contributed by atoms with Crippen molar-refractivity contribution in [2.24, 2.45) is 11.8 Å². The van der Waals surface area contributed by atoms with Crippen LogP contribution in [0.1, 0.15) is 113 Å². The number of likely N-dealkylation sites (N-methyl/N-ethyl adjacent to an activating group) is 1. The van der Waals surface area contributed by atoms with Gasteiger partial charge < -0.3 is 35.1 Å². The Labute approximate surface area is 408 Å². The number of rotatable bonds is 17. The molecule has 0 bridgehead atoms. The summed E-state index contributed by atoms with van der Waals surface area (Å²) < 4.78 is 4.82. The zero-order chi connectivity index (χ0) is 48.8. The number of hydrogen-bond acceptors (Lipinski definition) is 7. The molecule has 0 aliphatic carbocycles. The topological polar surface area (TPSA) is 148 Å². The average Bonchev–Trinajstić information content (AvgIpc) is 4.23. The maximum absolute atomic E-state index is 13.8. The molecule has 0 saturated carbocycles. The minimum absolute atomic E-state index is 0.0596. The fourth-order valence-electron chi connectivity index (χ4n) is 10.3. The summed E-state index contributed by atoms with van der Waals surface area (Å²) in [7, 11) is 3.17. The van der Waals surface area contributed by atoms with Crippen LogP contribution in [0.25, 0.3) is 44.8 Å². The summed E-state index contributed by atoms with van der Waals surface area (Å²) in [6.45, 7) is 13.8. The Morgan fingerprint density at radius 3 is 1.57 bits per heavy atom. The van der Waals surface area contributed by atoms with Gasteiger partial charge in [0.2, 0.25) is 11.8 Å². The number of ether oxygens (including phenoxy) is 1. The van der Waals surface area contributed by atoms with Crippen LogP contribution in [0.15, 0.2) is 97.3 Å². The summed E-state index contributed by atoms with van der Waals surface area (Å²) in [4.78, 5) is 60.1. The molecule has 8 rings (SSSR count). The van der Waals surface area contributed by atoms with Gasteiger partial charge in [-0.1, -0.05) is 126 Å². The molecule has 6 aromatic rings. The molecule has 0 spiro atoms. The summed E-state index contributed by atoms with van der Waals surface area (Å²) in [6.07, 6.45) is 10.5. The Morgan fingerprint density at radius 1 is 0.638 bits per heavy atom. The number of carbonyl (C=O) groups excluding carboxylic acids is 3. The zero-order valence-corrected chi connectivity index (χ0v) is 41.7. The van der Waals surface area contributed by atoms with E-state index >= 15 is 0 Å². The van der Waals surface area contributed by atoms with Crippen LogP contribution in [-0.2, 0) is 40.0 Å². The molecule has 3 amide bonds. The molecule has 0 radical (unpaired) electrons. The number of methoxy groups -OCH3 is 1. The predicted octanol–water partition coefficient (Wildman–Crippen LogP) is 10.7. The van der Waals surface area contributed by atoms with Crippen LogP contribution in [0.3, 0.4) is 0 Å². The summed E-state index contributed by atoms with van der Waals surface area (Å²) in [6, 6.07) is 30.1. The minimum Gasteiger partial charge on any atom is -0.453 e. The lowest BCUT2D eigenvalue weighted by atomic mass is 9.87. The van der Waals surface area contributed by atoms with Crippen molar-refractivity contribution in [3.8, 4) is 44.8 Å². The lowest BCUT2D eigenvalue weighted by Crippen LogP contribution is -2.51. The van der Waals surface area contributed by atoms with Gasteiger partial charge in [0.05, 0.1) is 36.6 Å². The summed E-state index contributed by atoms with van der Waals surface area (Å²) >= 11 is 0. The monoisotopic (exact) mass is 931 g/mol. The van der Waals surface area contributed by atoms with Gasteiger partial charge in [0, 0.05) is 36.6 Å². The number of H-pyrrole nitrogens is 2. The molecule has 4 heterocycles. The van der Waals surface area contributed by atoms with E-state index in [9.17, 15) is 14.4 Å². The Hall–Kier alpha value is -6.53. The molecule has 2 aliphatic rings. The molecule has 12 heteroatoms. The number of imidazole rings is 2. The lowest BCUT2D eigenvalue weighted by Gasteiger charge is -2.29. The van der Waals surface area contributed by atoms with Gasteiger partial charge in [0.15, 0.2) is 0 Å². The number of aromatic nitrogens is 4. The quantitative estimate of drug-likeness (QED) is 0.0712. The van der Waals surface area contributed by atoms with Gasteiger partial charge in [-0.05, 0) is 115 Å². The fraction of sp³-hybridized carbons (Fsp3) is 0.421. The molecule has 12 nitrogen and oxygen atoms in total. The number of hydrogen-bond donors (Lipinski definition) is 4. The number of nitrogens with zero attached hydrogens (tertiary/aromatic N) is 4. The molecule has 4 unspecified atom stereocenters. The van der Waals surface area contributed by atoms with Crippen LogP contribution in [0.2, 0.25) is 0 Å². The third-order valence-electron chi connectivity index (χ3n) is 14.3. The molecule has 362 valence electrons. The standard InChI is InChI=1S/C57H70N8O4/c1-9-37-15-17-38(18-16-37)19-20-44-32-45(40-21-25-42(26-22-40)47-34-60-54(62-47)50-14-12-30-65(50)56(67)52(36(5)6)63-57(68)69-8)39(10-2)31-46(44)41-23-27-43(28-24-41)48-33-59-53(61-48)49-13-11-29-64(49)55(66)51(58-7)35(3)4/h15-18,21-28,31-36,49-52,58H,9-14,19-20,29-30H2,1-8H3,(H,59,61)(H,60,62)(H,63,68). The molecule has 4 N–H and O–H groups in total. The maximum Gasteiger partial charge on any atom is 0.407 e. The number of nitrogens with one attached hydrogen (secondary N) is 4. The van der Waals surface area contributed by atoms with Crippen LogP contribution in [0.5, 0.6) is 0 Å². The van der Waals surface area contributed by atoms with Gasteiger partial charge in [-0.25, -0.2) is 14.8 Å². The SMILES string of the molecule is CCc1ccc(CCc2cc(-c3ccc(-c4c[nH]c(C5CCCN5C(=O)C(NC(=O)OC)C(C)C)n4)cc3)c(CC)cc2-c2ccc(-c3c[nH]c(C4CCCN4C(=O)C(NC)C(C)C)n3)cc2)cc1. The number of benzene rings is 4. The summed E-state index contributed by atoms with van der Waals surface area (Å²) in [5, 5.41) is 5.96. The van der Waals surface area contributed by atoms with E-state index in [-0.39, 0.29) is 41.8 Å². The first-order valence-corrected chi connectivity index (χ1v) is 25.1. The number of alkyl carbamates (subject to hydrolysis) is 1. The molecule has 2 saturated heterocycles. The van der Waals surface area contributed by atoms with E-state index in [0.717, 1.165) is 103 Å². The second-order valence-corrected chi connectivity index (χ2v) is 19.4. The van der Waals surface area contributed by atoms with Crippen LogP contribution < -0.4 is 10.6 Å². The van der Waals surface area contributed by atoms with E-state index in [2.05, 4.69) is 133 Å². The van der Waals surface area contributed by atoms with Crippen molar-refractivity contribution in [3.63, 3.8) is 0 Å². The fourth-order valence-corrected chi connectivity index (χ4v) is 10.3. The largest absolute Gasteiger partial charge is 0.453 e. The Kier molecular flexibility index (Phi) is 15.5. The van der Waals surface area contributed by atoms with E-state index in [0.29, 0.717) is 6.54 Å². The van der Waals surface area contributed by atoms with Gasteiger partial charge in [-0.15, -0.1) is 0 Å². The number of aromatic amines is 2. The van der Waals surface area contributed by atoms with Crippen LogP contribution in [0.4, 0.5) is 4.79 Å². The molecular weight excluding hydrogens is 861 g/mol. The van der Waals surface area contributed by atoms with E-state index in [1.807, 2.05) is 43.1 Å². The third-order valence-corrected chi connectivity index (χ3v) is 14.3. The van der Waals surface area contributed by atoms with Crippen LogP contribution >= 0.6 is 0 Å². The number of amides is 3. The van der Waals surface area contributed by atoms with Crippen LogP contribution in [-0.4, -0.2) is 87.0 Å². The van der Waals surface area contributed by atoms with Crippen LogP contribution in [0, 0.1) is 11.8 Å². The smallest absolute Gasteiger partial charge is 0.407 e. The highest BCUT2D eigenvalue weighted by Gasteiger charge is 2.38. The lowest BCUT2D eigenvalue weighted by molar-refractivity contribution is -0.136. The van der Waals surface area contributed by atoms with Crippen molar-refractivity contribution in [2.75, 3.05) is 27.2 Å². The predicted molar refractivity (Wildman–Crippen MR) is 274 cm³/mol. The Bertz CT molecular complexity index is 2700. The Morgan fingerprint density at radius 2 is 1.10 bits per heavy atom. The van der Waals surface area contributed by atoms with Crippen molar-refractivity contribution in [1.82, 2.24) is 40.4 Å². The number of carbonyl (C=O) groups is 3. The van der Waals surface area contributed by atoms with Gasteiger partial charge >= 0.3 is 6.09 Å². The highest BCUT2D eigenvalue weighted by atomic mass is 16.5. The van der Waals surface area contributed by atoms with Crippen molar-refractivity contribution in [1.29, 1.82) is 0 Å². The van der Waals surface area contributed by atoms with Crippen molar-refractivity contribution >= 4 is 17.9 Å². The van der Waals surface area contributed by atoms with E-state index in [4.69, 9.17) is 14.7 Å². The van der Waals surface area contributed by atoms with Crippen molar-refractivity contribution in [3.05, 3.63) is 131 Å². The van der Waals surface area contributed by atoms with E-state index in [1.165, 1.54) is 40.5 Å². The van der Waals surface area contributed by atoms with E-state index < -0.39 is 12.1 Å². The highest BCUT2D eigenvalue weighted by Crippen LogP contribution is 2.38. The number of likely N-dealkylation sites (tertiary alicyclic amines) is 2. The van der Waals surface area contributed by atoms with Gasteiger partial charge in [-0.2, -0.15) is 0 Å². The van der Waals surface area contributed by atoms with Gasteiger partial charge in [0.1, 0.15) is 17.7 Å². The van der Waals surface area contributed by atoms with Gasteiger partial charge in [-0.3, -0.25) is 9.59 Å². The molecule has 2 aromatic heterocycles. The second kappa shape index (κ2) is 21.8. The minimum atomic E-state index is -0.688. The summed E-state index contributed by atoms with van der Waals surface area (Å²) in [5.74, 6) is 1.69. The summed E-state index contributed by atoms with van der Waals surface area (Å²) in [5.41, 5.74) is 13.7. The zero-order valence-electron chi connectivity index (χ0n) is 41.7. The second-order valence-electron chi connectivity index (χ2n) is 19.4. The normalized spacial score (nSPS) is 16.9. The molecule has 4 aromatic carbocycles. The highest BCUT2D eigenvalue weighted by molar-refractivity contribution is 5.86. The third kappa shape index (κ3) is 10.7. The molecule has 2 fully saturated rings. The van der Waals surface area contributed by atoms with Crippen molar-refractivity contribution in [2.45, 2.75) is 117 Å². The Balaban J connectivity index is 1.04. The average molecular weight is 931 g/mol. The molecule has 4 atom stereocenters.